The molecule has 4 nitrogen and oxygen atoms in total. The van der Waals surface area contributed by atoms with Crippen LogP contribution in [-0.4, -0.2) is 16.9 Å². The van der Waals surface area contributed by atoms with Gasteiger partial charge in [-0.15, -0.1) is 0 Å². The molecule has 0 bridgehead atoms. The SMILES string of the molecule is O=C1/C=C\CC(=O)NC(=S)N1. The fourth-order valence-corrected chi connectivity index (χ4v) is 0.850. The van der Waals surface area contributed by atoms with E-state index in [9.17, 15) is 9.59 Å². The van der Waals surface area contributed by atoms with Crippen LogP contribution in [0.4, 0.5) is 0 Å². The van der Waals surface area contributed by atoms with Gasteiger partial charge in [0.2, 0.25) is 11.8 Å². The standard InChI is InChI=1S/C6H6N2O2S/c9-4-2-1-3-5(10)8-6(11)7-4/h1-2H,3H2,(H2,7,8,9,10,11)/b2-1-. The van der Waals surface area contributed by atoms with Gasteiger partial charge in [-0.1, -0.05) is 6.08 Å². The average Bonchev–Trinajstić information content (AvgIpc) is 1.83. The fraction of sp³-hybridized carbons (Fsp3) is 0.167. The minimum Gasteiger partial charge on any atom is -0.303 e. The first-order valence-corrected chi connectivity index (χ1v) is 3.40. The zero-order chi connectivity index (χ0) is 8.27. The van der Waals surface area contributed by atoms with Gasteiger partial charge < -0.3 is 5.32 Å². The Bertz CT molecular complexity index is 247. The van der Waals surface area contributed by atoms with Gasteiger partial charge in [0.15, 0.2) is 5.11 Å². The number of amides is 2. The molecule has 0 unspecified atom stereocenters. The molecule has 0 aliphatic carbocycles. The molecule has 2 amide bonds. The molecule has 5 heteroatoms. The lowest BCUT2D eigenvalue weighted by molar-refractivity contribution is -0.119. The highest BCUT2D eigenvalue weighted by Gasteiger charge is 2.07. The molecule has 0 aromatic heterocycles. The Morgan fingerprint density at radius 1 is 1.36 bits per heavy atom. The maximum atomic E-state index is 10.8. The molecule has 1 rings (SSSR count). The van der Waals surface area contributed by atoms with E-state index in [2.05, 4.69) is 22.9 Å². The van der Waals surface area contributed by atoms with Gasteiger partial charge >= 0.3 is 0 Å². The molecule has 0 aromatic rings. The van der Waals surface area contributed by atoms with Crippen LogP contribution in [0.5, 0.6) is 0 Å². The monoisotopic (exact) mass is 170 g/mol. The van der Waals surface area contributed by atoms with E-state index >= 15 is 0 Å². The molecule has 0 radical (unpaired) electrons. The maximum Gasteiger partial charge on any atom is 0.249 e. The van der Waals surface area contributed by atoms with Crippen LogP contribution in [-0.2, 0) is 9.59 Å². The van der Waals surface area contributed by atoms with Crippen molar-refractivity contribution >= 4 is 29.1 Å². The number of hydrogen-bond acceptors (Lipinski definition) is 3. The quantitative estimate of drug-likeness (QED) is 0.480. The second kappa shape index (κ2) is 3.25. The molecule has 1 aliphatic heterocycles. The van der Waals surface area contributed by atoms with Crippen LogP contribution in [0.2, 0.25) is 0 Å². The van der Waals surface area contributed by atoms with Gasteiger partial charge in [0.1, 0.15) is 0 Å². The summed E-state index contributed by atoms with van der Waals surface area (Å²) < 4.78 is 0. The summed E-state index contributed by atoms with van der Waals surface area (Å²) in [4.78, 5) is 21.5. The number of thiocarbonyl (C=S) groups is 1. The summed E-state index contributed by atoms with van der Waals surface area (Å²) in [5.41, 5.74) is 0. The number of nitrogens with one attached hydrogen (secondary N) is 2. The maximum absolute atomic E-state index is 10.8. The molecule has 0 saturated heterocycles. The van der Waals surface area contributed by atoms with Crippen LogP contribution in [0.3, 0.4) is 0 Å². The van der Waals surface area contributed by atoms with E-state index in [4.69, 9.17) is 0 Å². The summed E-state index contributed by atoms with van der Waals surface area (Å²) in [5, 5.41) is 4.67. The third kappa shape index (κ3) is 2.46. The predicted octanol–water partition coefficient (Wildman–Crippen LogP) is -0.536. The summed E-state index contributed by atoms with van der Waals surface area (Å²) in [6.45, 7) is 0. The third-order valence-electron chi connectivity index (χ3n) is 1.06. The Kier molecular flexibility index (Phi) is 2.32. The van der Waals surface area contributed by atoms with Crippen LogP contribution >= 0.6 is 12.2 Å². The van der Waals surface area contributed by atoms with E-state index in [-0.39, 0.29) is 23.3 Å². The largest absolute Gasteiger partial charge is 0.303 e. The number of carbonyl (C=O) groups is 2. The molecule has 1 heterocycles. The fourth-order valence-electron chi connectivity index (χ4n) is 0.635. The summed E-state index contributed by atoms with van der Waals surface area (Å²) in [6, 6.07) is 0. The van der Waals surface area contributed by atoms with Crippen LogP contribution in [0, 0.1) is 0 Å². The smallest absolute Gasteiger partial charge is 0.249 e. The van der Waals surface area contributed by atoms with E-state index in [0.717, 1.165) is 0 Å². The van der Waals surface area contributed by atoms with E-state index in [1.165, 1.54) is 12.2 Å². The van der Waals surface area contributed by atoms with Crippen LogP contribution in [0.25, 0.3) is 0 Å². The lowest BCUT2D eigenvalue weighted by Gasteiger charge is -2.07. The molecule has 58 valence electrons. The minimum absolute atomic E-state index is 0.0596. The molecule has 0 aromatic carbocycles. The Hall–Kier alpha value is -1.23. The van der Waals surface area contributed by atoms with Gasteiger partial charge in [-0.05, 0) is 18.3 Å². The highest BCUT2D eigenvalue weighted by molar-refractivity contribution is 7.80. The van der Waals surface area contributed by atoms with Gasteiger partial charge in [0, 0.05) is 6.42 Å². The third-order valence-corrected chi connectivity index (χ3v) is 1.27. The van der Waals surface area contributed by atoms with Gasteiger partial charge in [-0.2, -0.15) is 0 Å². The first kappa shape index (κ1) is 7.87. The Balaban J connectivity index is 2.71. The van der Waals surface area contributed by atoms with Crippen LogP contribution < -0.4 is 10.6 Å². The molecular formula is C6H6N2O2S. The summed E-state index contributed by atoms with van der Waals surface area (Å²) in [6.07, 6.45) is 2.95. The summed E-state index contributed by atoms with van der Waals surface area (Å²) >= 11 is 4.61. The van der Waals surface area contributed by atoms with Crippen molar-refractivity contribution in [3.8, 4) is 0 Å². The van der Waals surface area contributed by atoms with Crippen molar-refractivity contribution in [3.05, 3.63) is 12.2 Å². The van der Waals surface area contributed by atoms with Crippen molar-refractivity contribution in [1.82, 2.24) is 10.6 Å². The Morgan fingerprint density at radius 2 is 2.09 bits per heavy atom. The summed E-state index contributed by atoms with van der Waals surface area (Å²) in [5.74, 6) is -0.527. The lowest BCUT2D eigenvalue weighted by atomic mass is 10.3. The average molecular weight is 170 g/mol. The number of rotatable bonds is 0. The molecule has 1 aliphatic rings. The molecule has 0 spiro atoms. The van der Waals surface area contributed by atoms with Crippen molar-refractivity contribution in [2.24, 2.45) is 0 Å². The number of carbonyl (C=O) groups excluding carboxylic acids is 2. The van der Waals surface area contributed by atoms with Crippen molar-refractivity contribution in [2.75, 3.05) is 0 Å². The van der Waals surface area contributed by atoms with Gasteiger partial charge in [0.05, 0.1) is 0 Å². The topological polar surface area (TPSA) is 58.2 Å². The van der Waals surface area contributed by atoms with Gasteiger partial charge in [0.25, 0.3) is 0 Å². The van der Waals surface area contributed by atoms with Crippen LogP contribution in [0.15, 0.2) is 12.2 Å². The van der Waals surface area contributed by atoms with E-state index < -0.39 is 0 Å². The Labute approximate surface area is 68.7 Å². The molecule has 2 N–H and O–H groups in total. The van der Waals surface area contributed by atoms with Crippen molar-refractivity contribution in [3.63, 3.8) is 0 Å². The van der Waals surface area contributed by atoms with E-state index in [1.54, 1.807) is 0 Å². The molecule has 0 fully saturated rings. The first-order valence-electron chi connectivity index (χ1n) is 3.00. The first-order chi connectivity index (χ1) is 5.18. The van der Waals surface area contributed by atoms with Crippen molar-refractivity contribution in [2.45, 2.75) is 6.42 Å². The van der Waals surface area contributed by atoms with Crippen molar-refractivity contribution < 1.29 is 9.59 Å². The van der Waals surface area contributed by atoms with Crippen molar-refractivity contribution in [1.29, 1.82) is 0 Å². The second-order valence-corrected chi connectivity index (χ2v) is 2.38. The van der Waals surface area contributed by atoms with Gasteiger partial charge in [-0.3, -0.25) is 14.9 Å². The zero-order valence-corrected chi connectivity index (χ0v) is 6.40. The minimum atomic E-state index is -0.310. The second-order valence-electron chi connectivity index (χ2n) is 1.97. The molecular weight excluding hydrogens is 164 g/mol. The number of hydrogen-bond donors (Lipinski definition) is 2. The molecule has 0 saturated carbocycles. The highest BCUT2D eigenvalue weighted by atomic mass is 32.1. The van der Waals surface area contributed by atoms with E-state index in [0.29, 0.717) is 0 Å². The lowest BCUT2D eigenvalue weighted by Crippen LogP contribution is -2.42. The highest BCUT2D eigenvalue weighted by Crippen LogP contribution is 1.87. The zero-order valence-electron chi connectivity index (χ0n) is 5.59. The summed E-state index contributed by atoms with van der Waals surface area (Å²) in [7, 11) is 0. The predicted molar refractivity (Wildman–Crippen MR) is 42.6 cm³/mol. The normalized spacial score (nSPS) is 21.3. The molecule has 11 heavy (non-hydrogen) atoms. The van der Waals surface area contributed by atoms with Crippen LogP contribution in [0.1, 0.15) is 6.42 Å². The van der Waals surface area contributed by atoms with E-state index in [1.807, 2.05) is 0 Å². The molecule has 0 atom stereocenters. The Morgan fingerprint density at radius 3 is 2.82 bits per heavy atom. The van der Waals surface area contributed by atoms with Gasteiger partial charge in [-0.25, -0.2) is 0 Å².